The molecular weight excluding hydrogens is 341 g/mol. The number of benzene rings is 2. The van der Waals surface area contributed by atoms with Crippen molar-refractivity contribution < 1.29 is 4.39 Å². The number of hydrogen-bond acceptors (Lipinski definition) is 5. The average Bonchev–Trinajstić information content (AvgIpc) is 2.62. The molecule has 25 heavy (non-hydrogen) atoms. The van der Waals surface area contributed by atoms with Gasteiger partial charge >= 0.3 is 0 Å². The summed E-state index contributed by atoms with van der Waals surface area (Å²) in [6.45, 7) is 1.05. The predicted molar refractivity (Wildman–Crippen MR) is 98.9 cm³/mol. The summed E-state index contributed by atoms with van der Waals surface area (Å²) < 4.78 is 12.9. The van der Waals surface area contributed by atoms with Crippen molar-refractivity contribution in [1.29, 1.82) is 0 Å². The van der Waals surface area contributed by atoms with Crippen LogP contribution in [0.15, 0.2) is 54.9 Å². The first kappa shape index (κ1) is 17.0. The monoisotopic (exact) mass is 357 g/mol. The van der Waals surface area contributed by atoms with E-state index in [1.807, 2.05) is 24.3 Å². The maximum absolute atomic E-state index is 12.9. The average molecular weight is 358 g/mol. The van der Waals surface area contributed by atoms with Gasteiger partial charge in [0, 0.05) is 18.1 Å². The number of nitrogen functional groups attached to an aromatic ring is 1. The van der Waals surface area contributed by atoms with E-state index in [1.165, 1.54) is 18.5 Å². The molecule has 0 aliphatic heterocycles. The summed E-state index contributed by atoms with van der Waals surface area (Å²) in [5.74, 6) is 0.809. The van der Waals surface area contributed by atoms with Crippen LogP contribution in [0.3, 0.4) is 0 Å². The van der Waals surface area contributed by atoms with E-state index in [1.54, 1.807) is 12.1 Å². The summed E-state index contributed by atoms with van der Waals surface area (Å²) in [6, 6.07) is 13.8. The minimum absolute atomic E-state index is 0.265. The van der Waals surface area contributed by atoms with Crippen molar-refractivity contribution in [3.63, 3.8) is 0 Å². The first-order chi connectivity index (χ1) is 12.1. The molecule has 2 aromatic carbocycles. The van der Waals surface area contributed by atoms with E-state index in [0.29, 0.717) is 35.4 Å². The van der Waals surface area contributed by atoms with Crippen LogP contribution in [0.1, 0.15) is 11.1 Å². The van der Waals surface area contributed by atoms with Crippen LogP contribution in [0, 0.1) is 5.82 Å². The zero-order valence-electron chi connectivity index (χ0n) is 13.3. The molecule has 0 saturated carbocycles. The quantitative estimate of drug-likeness (QED) is 0.620. The van der Waals surface area contributed by atoms with Gasteiger partial charge in [0.05, 0.1) is 0 Å². The van der Waals surface area contributed by atoms with Gasteiger partial charge in [-0.15, -0.1) is 0 Å². The predicted octanol–water partition coefficient (Wildman–Crippen LogP) is 4.08. The van der Waals surface area contributed by atoms with Crippen LogP contribution in [-0.2, 0) is 13.1 Å². The fraction of sp³-hybridized carbons (Fsp3) is 0.111. The Hall–Kier alpha value is -2.86. The van der Waals surface area contributed by atoms with Gasteiger partial charge < -0.3 is 16.4 Å². The molecular formula is C18H17ClFN5. The summed E-state index contributed by atoms with van der Waals surface area (Å²) in [5, 5.41) is 7.02. The van der Waals surface area contributed by atoms with E-state index in [2.05, 4.69) is 20.6 Å². The largest absolute Gasteiger partial charge is 0.393 e. The summed E-state index contributed by atoms with van der Waals surface area (Å²) in [7, 11) is 0. The Morgan fingerprint density at radius 3 is 1.84 bits per heavy atom. The van der Waals surface area contributed by atoms with E-state index < -0.39 is 0 Å². The fourth-order valence-electron chi connectivity index (χ4n) is 2.25. The highest BCUT2D eigenvalue weighted by Crippen LogP contribution is 2.23. The number of hydrogen-bond donors (Lipinski definition) is 3. The SMILES string of the molecule is Nc1c(NCc2ccc(F)cc2)ncnc1NCc1ccc(Cl)cc1. The lowest BCUT2D eigenvalue weighted by Gasteiger charge is -2.12. The zero-order valence-corrected chi connectivity index (χ0v) is 14.1. The number of nitrogens with two attached hydrogens (primary N) is 1. The molecule has 3 rings (SSSR count). The lowest BCUT2D eigenvalue weighted by atomic mass is 10.2. The number of nitrogens with zero attached hydrogens (tertiary/aromatic N) is 2. The highest BCUT2D eigenvalue weighted by Gasteiger charge is 2.08. The molecule has 7 heteroatoms. The fourth-order valence-corrected chi connectivity index (χ4v) is 2.38. The van der Waals surface area contributed by atoms with Crippen LogP contribution in [0.25, 0.3) is 0 Å². The molecule has 0 fully saturated rings. The van der Waals surface area contributed by atoms with E-state index in [0.717, 1.165) is 11.1 Å². The molecule has 1 aromatic heterocycles. The molecule has 0 aliphatic rings. The Labute approximate surface area is 150 Å². The lowest BCUT2D eigenvalue weighted by Crippen LogP contribution is -2.10. The Balaban J connectivity index is 1.64. The van der Waals surface area contributed by atoms with Crippen molar-refractivity contribution in [3.05, 3.63) is 76.8 Å². The maximum Gasteiger partial charge on any atom is 0.155 e. The third kappa shape index (κ3) is 4.58. The van der Waals surface area contributed by atoms with Crippen LogP contribution in [-0.4, -0.2) is 9.97 Å². The molecule has 0 radical (unpaired) electrons. The van der Waals surface area contributed by atoms with Crippen molar-refractivity contribution in [2.75, 3.05) is 16.4 Å². The summed E-state index contributed by atoms with van der Waals surface area (Å²) in [6.07, 6.45) is 1.44. The van der Waals surface area contributed by atoms with Crippen molar-refractivity contribution >= 4 is 28.9 Å². The summed E-state index contributed by atoms with van der Waals surface area (Å²) in [5.41, 5.74) is 8.54. The third-order valence-electron chi connectivity index (χ3n) is 3.63. The third-order valence-corrected chi connectivity index (χ3v) is 3.88. The molecule has 0 spiro atoms. The Morgan fingerprint density at radius 1 is 0.840 bits per heavy atom. The van der Waals surface area contributed by atoms with Gasteiger partial charge in [-0.1, -0.05) is 35.9 Å². The first-order valence-electron chi connectivity index (χ1n) is 7.69. The van der Waals surface area contributed by atoms with Crippen LogP contribution in [0.5, 0.6) is 0 Å². The molecule has 128 valence electrons. The second-order valence-electron chi connectivity index (χ2n) is 5.44. The standard InChI is InChI=1S/C18H17ClFN5/c19-14-5-1-12(2-6-14)9-22-17-16(21)18(25-11-24-17)23-10-13-3-7-15(20)8-4-13/h1-8,11H,9-10,21H2,(H2,22,23,24,25). The second-order valence-corrected chi connectivity index (χ2v) is 5.88. The van der Waals surface area contributed by atoms with E-state index >= 15 is 0 Å². The Kier molecular flexibility index (Phi) is 5.30. The smallest absolute Gasteiger partial charge is 0.155 e. The normalized spacial score (nSPS) is 10.5. The van der Waals surface area contributed by atoms with Crippen LogP contribution < -0.4 is 16.4 Å². The zero-order chi connectivity index (χ0) is 17.6. The molecule has 0 bridgehead atoms. The molecule has 4 N–H and O–H groups in total. The highest BCUT2D eigenvalue weighted by molar-refractivity contribution is 6.30. The molecule has 0 atom stereocenters. The van der Waals surface area contributed by atoms with Gasteiger partial charge in [-0.25, -0.2) is 14.4 Å². The number of aromatic nitrogens is 2. The van der Waals surface area contributed by atoms with Gasteiger partial charge in [0.25, 0.3) is 0 Å². The molecule has 0 amide bonds. The number of rotatable bonds is 6. The molecule has 0 saturated heterocycles. The topological polar surface area (TPSA) is 75.9 Å². The molecule has 5 nitrogen and oxygen atoms in total. The van der Waals surface area contributed by atoms with Gasteiger partial charge in [-0.05, 0) is 35.4 Å². The molecule has 0 aliphatic carbocycles. The second kappa shape index (κ2) is 7.81. The van der Waals surface area contributed by atoms with Gasteiger partial charge in [0.15, 0.2) is 11.6 Å². The number of halogens is 2. The van der Waals surface area contributed by atoms with Gasteiger partial charge in [-0.3, -0.25) is 0 Å². The Bertz CT molecular complexity index is 769. The van der Waals surface area contributed by atoms with Crippen LogP contribution >= 0.6 is 11.6 Å². The Morgan fingerprint density at radius 2 is 1.32 bits per heavy atom. The van der Waals surface area contributed by atoms with Crippen molar-refractivity contribution in [2.24, 2.45) is 0 Å². The highest BCUT2D eigenvalue weighted by atomic mass is 35.5. The minimum Gasteiger partial charge on any atom is -0.393 e. The number of anilines is 3. The van der Waals surface area contributed by atoms with Crippen LogP contribution in [0.4, 0.5) is 21.7 Å². The first-order valence-corrected chi connectivity index (χ1v) is 8.07. The molecule has 0 unspecified atom stereocenters. The molecule has 3 aromatic rings. The van der Waals surface area contributed by atoms with E-state index in [9.17, 15) is 4.39 Å². The van der Waals surface area contributed by atoms with E-state index in [-0.39, 0.29) is 5.82 Å². The van der Waals surface area contributed by atoms with Gasteiger partial charge in [0.2, 0.25) is 0 Å². The lowest BCUT2D eigenvalue weighted by molar-refractivity contribution is 0.627. The van der Waals surface area contributed by atoms with Gasteiger partial charge in [0.1, 0.15) is 17.8 Å². The van der Waals surface area contributed by atoms with Crippen molar-refractivity contribution in [2.45, 2.75) is 13.1 Å². The van der Waals surface area contributed by atoms with E-state index in [4.69, 9.17) is 17.3 Å². The maximum atomic E-state index is 12.9. The summed E-state index contributed by atoms with van der Waals surface area (Å²) in [4.78, 5) is 8.33. The summed E-state index contributed by atoms with van der Waals surface area (Å²) >= 11 is 5.88. The van der Waals surface area contributed by atoms with Crippen LogP contribution in [0.2, 0.25) is 5.02 Å². The van der Waals surface area contributed by atoms with Crippen molar-refractivity contribution in [1.82, 2.24) is 9.97 Å². The minimum atomic E-state index is -0.265. The molecule has 1 heterocycles. The van der Waals surface area contributed by atoms with Crippen molar-refractivity contribution in [3.8, 4) is 0 Å². The van der Waals surface area contributed by atoms with Gasteiger partial charge in [-0.2, -0.15) is 0 Å². The number of nitrogens with one attached hydrogen (secondary N) is 2.